The fourth-order valence-corrected chi connectivity index (χ4v) is 5.04. The Bertz CT molecular complexity index is 980. The smallest absolute Gasteiger partial charge is 0.246 e. The molecule has 0 radical (unpaired) electrons. The van der Waals surface area contributed by atoms with Crippen molar-refractivity contribution in [3.63, 3.8) is 0 Å². The molecule has 0 bridgehead atoms. The van der Waals surface area contributed by atoms with Gasteiger partial charge in [0.15, 0.2) is 0 Å². The third-order valence-electron chi connectivity index (χ3n) is 7.01. The Balaban J connectivity index is 1.55. The van der Waals surface area contributed by atoms with Crippen molar-refractivity contribution in [3.05, 3.63) is 108 Å². The Morgan fingerprint density at radius 2 is 1.21 bits per heavy atom. The highest BCUT2D eigenvalue weighted by molar-refractivity contribution is 5.88. The quantitative estimate of drug-likeness (QED) is 0.589. The largest absolute Gasteiger partial charge is 0.357 e. The zero-order valence-corrected chi connectivity index (χ0v) is 19.5. The van der Waals surface area contributed by atoms with Crippen molar-refractivity contribution in [1.82, 2.24) is 15.1 Å². The number of nitrogens with two attached hydrogens (primary N) is 1. The first-order valence-electron chi connectivity index (χ1n) is 11.7. The van der Waals surface area contributed by atoms with Gasteiger partial charge >= 0.3 is 0 Å². The lowest BCUT2D eigenvalue weighted by Gasteiger charge is -2.46. The molecular formula is C28H34N4O. The molecule has 0 aliphatic carbocycles. The van der Waals surface area contributed by atoms with Crippen molar-refractivity contribution in [2.75, 3.05) is 33.2 Å². The summed E-state index contributed by atoms with van der Waals surface area (Å²) >= 11 is 0. The fraction of sp³-hybridized carbons (Fsp3) is 0.321. The van der Waals surface area contributed by atoms with Crippen molar-refractivity contribution < 1.29 is 4.79 Å². The average molecular weight is 443 g/mol. The zero-order chi connectivity index (χ0) is 23.3. The van der Waals surface area contributed by atoms with Crippen LogP contribution in [0.25, 0.3) is 0 Å². The molecule has 172 valence electrons. The van der Waals surface area contributed by atoms with E-state index in [1.165, 1.54) is 11.1 Å². The van der Waals surface area contributed by atoms with Crippen LogP contribution in [0, 0.1) is 0 Å². The number of piperazine rings is 1. The standard InChI is InChI=1S/C28H34N4O/c1-22(28(29,27(33)30-2)25-16-10-5-11-17-25)31-18-20-32(21-19-31)26(23-12-6-3-7-13-23)24-14-8-4-9-15-24/h3-17,22,26H,18-21,29H2,1-2H3,(H,30,33). The van der Waals surface area contributed by atoms with Crippen molar-refractivity contribution in [2.24, 2.45) is 5.73 Å². The maximum absolute atomic E-state index is 13.0. The molecule has 2 unspecified atom stereocenters. The summed E-state index contributed by atoms with van der Waals surface area (Å²) in [5.74, 6) is -0.157. The van der Waals surface area contributed by atoms with Crippen molar-refractivity contribution >= 4 is 5.91 Å². The maximum Gasteiger partial charge on any atom is 0.246 e. The predicted octanol–water partition coefficient (Wildman–Crippen LogP) is 3.38. The number of amides is 1. The first kappa shape index (κ1) is 23.2. The van der Waals surface area contributed by atoms with Crippen LogP contribution in [-0.2, 0) is 10.3 Å². The third-order valence-corrected chi connectivity index (χ3v) is 7.01. The topological polar surface area (TPSA) is 61.6 Å². The normalized spacial score (nSPS) is 17.9. The van der Waals surface area contributed by atoms with E-state index in [-0.39, 0.29) is 18.0 Å². The lowest BCUT2D eigenvalue weighted by Crippen LogP contribution is -2.64. The molecule has 1 saturated heterocycles. The van der Waals surface area contributed by atoms with E-state index >= 15 is 0 Å². The molecule has 1 amide bonds. The van der Waals surface area contributed by atoms with E-state index in [9.17, 15) is 4.79 Å². The van der Waals surface area contributed by atoms with Crippen LogP contribution in [0.4, 0.5) is 0 Å². The van der Waals surface area contributed by atoms with Gasteiger partial charge in [0.2, 0.25) is 5.91 Å². The van der Waals surface area contributed by atoms with Gasteiger partial charge in [-0.15, -0.1) is 0 Å². The molecule has 3 aromatic carbocycles. The molecule has 1 aliphatic heterocycles. The molecule has 2 atom stereocenters. The summed E-state index contributed by atoms with van der Waals surface area (Å²) in [6.45, 7) is 5.57. The summed E-state index contributed by atoms with van der Waals surface area (Å²) < 4.78 is 0. The first-order valence-corrected chi connectivity index (χ1v) is 11.7. The van der Waals surface area contributed by atoms with E-state index in [0.717, 1.165) is 31.7 Å². The van der Waals surface area contributed by atoms with Gasteiger partial charge < -0.3 is 11.1 Å². The summed E-state index contributed by atoms with van der Waals surface area (Å²) in [6, 6.07) is 31.2. The van der Waals surface area contributed by atoms with Gasteiger partial charge in [0.1, 0.15) is 5.54 Å². The number of likely N-dealkylation sites (N-methyl/N-ethyl adjacent to an activating group) is 1. The molecule has 1 aliphatic rings. The lowest BCUT2D eigenvalue weighted by atomic mass is 9.82. The van der Waals surface area contributed by atoms with Gasteiger partial charge in [-0.25, -0.2) is 0 Å². The fourth-order valence-electron chi connectivity index (χ4n) is 5.04. The van der Waals surface area contributed by atoms with Crippen LogP contribution in [0.1, 0.15) is 29.7 Å². The maximum atomic E-state index is 13.0. The van der Waals surface area contributed by atoms with Gasteiger partial charge in [-0.2, -0.15) is 0 Å². The van der Waals surface area contributed by atoms with Crippen LogP contribution in [-0.4, -0.2) is 55.0 Å². The van der Waals surface area contributed by atoms with Gasteiger partial charge in [-0.3, -0.25) is 14.6 Å². The number of hydrogen-bond acceptors (Lipinski definition) is 4. The number of rotatable bonds is 7. The molecule has 33 heavy (non-hydrogen) atoms. The van der Waals surface area contributed by atoms with Crippen molar-refractivity contribution in [3.8, 4) is 0 Å². The van der Waals surface area contributed by atoms with E-state index in [1.54, 1.807) is 7.05 Å². The summed E-state index contributed by atoms with van der Waals surface area (Å²) in [6.07, 6.45) is 0. The monoisotopic (exact) mass is 442 g/mol. The van der Waals surface area contributed by atoms with Crippen LogP contribution in [0.15, 0.2) is 91.0 Å². The Labute approximate surface area is 197 Å². The van der Waals surface area contributed by atoms with Crippen LogP contribution >= 0.6 is 0 Å². The predicted molar refractivity (Wildman–Crippen MR) is 134 cm³/mol. The first-order chi connectivity index (χ1) is 16.1. The van der Waals surface area contributed by atoms with Gasteiger partial charge in [-0.1, -0.05) is 91.0 Å². The van der Waals surface area contributed by atoms with Gasteiger partial charge in [0.25, 0.3) is 0 Å². The molecule has 5 nitrogen and oxygen atoms in total. The van der Waals surface area contributed by atoms with E-state index in [0.29, 0.717) is 0 Å². The number of carbonyl (C=O) groups excluding carboxylic acids is 1. The molecule has 3 aromatic rings. The summed E-state index contributed by atoms with van der Waals surface area (Å²) in [5.41, 5.74) is 9.18. The van der Waals surface area contributed by atoms with Crippen LogP contribution in [0.2, 0.25) is 0 Å². The van der Waals surface area contributed by atoms with Crippen LogP contribution in [0.3, 0.4) is 0 Å². The van der Waals surface area contributed by atoms with E-state index in [2.05, 4.69) is 82.7 Å². The molecular weight excluding hydrogens is 408 g/mol. The van der Waals surface area contributed by atoms with Gasteiger partial charge in [-0.05, 0) is 23.6 Å². The Kier molecular flexibility index (Phi) is 7.23. The highest BCUT2D eigenvalue weighted by Crippen LogP contribution is 2.32. The number of nitrogens with zero attached hydrogens (tertiary/aromatic N) is 2. The minimum atomic E-state index is -1.11. The molecule has 5 heteroatoms. The molecule has 1 heterocycles. The minimum absolute atomic E-state index is 0.145. The Morgan fingerprint density at radius 1 is 0.788 bits per heavy atom. The number of carbonyl (C=O) groups is 1. The second-order valence-electron chi connectivity index (χ2n) is 8.79. The van der Waals surface area contributed by atoms with Crippen LogP contribution < -0.4 is 11.1 Å². The molecule has 0 saturated carbocycles. The molecule has 4 rings (SSSR count). The molecule has 0 aromatic heterocycles. The zero-order valence-electron chi connectivity index (χ0n) is 19.5. The Hall–Kier alpha value is -2.99. The van der Waals surface area contributed by atoms with Crippen LogP contribution in [0.5, 0.6) is 0 Å². The summed E-state index contributed by atoms with van der Waals surface area (Å²) in [7, 11) is 1.65. The van der Waals surface area contributed by atoms with Crippen molar-refractivity contribution in [1.29, 1.82) is 0 Å². The minimum Gasteiger partial charge on any atom is -0.357 e. The second kappa shape index (κ2) is 10.3. The highest BCUT2D eigenvalue weighted by Gasteiger charge is 2.44. The van der Waals surface area contributed by atoms with E-state index < -0.39 is 5.54 Å². The number of hydrogen-bond donors (Lipinski definition) is 2. The second-order valence-corrected chi connectivity index (χ2v) is 8.79. The third kappa shape index (κ3) is 4.71. The molecule has 3 N–H and O–H groups in total. The molecule has 1 fully saturated rings. The average Bonchev–Trinajstić information content (AvgIpc) is 2.89. The van der Waals surface area contributed by atoms with E-state index in [4.69, 9.17) is 5.73 Å². The highest BCUT2D eigenvalue weighted by atomic mass is 16.2. The van der Waals surface area contributed by atoms with Crippen molar-refractivity contribution in [2.45, 2.75) is 24.5 Å². The van der Waals surface area contributed by atoms with Gasteiger partial charge in [0.05, 0.1) is 6.04 Å². The van der Waals surface area contributed by atoms with E-state index in [1.807, 2.05) is 30.3 Å². The van der Waals surface area contributed by atoms with Gasteiger partial charge in [0, 0.05) is 39.3 Å². The molecule has 0 spiro atoms. The lowest BCUT2D eigenvalue weighted by molar-refractivity contribution is -0.129. The summed E-state index contributed by atoms with van der Waals surface area (Å²) in [4.78, 5) is 17.9. The SMILES string of the molecule is CNC(=O)C(N)(c1ccccc1)C(C)N1CCN(C(c2ccccc2)c2ccccc2)CC1. The summed E-state index contributed by atoms with van der Waals surface area (Å²) in [5, 5.41) is 2.79. The number of benzene rings is 3. The Morgan fingerprint density at radius 3 is 1.67 bits per heavy atom. The number of nitrogens with one attached hydrogen (secondary N) is 1.